The number of hydrogen-bond donors (Lipinski definition) is 3. The summed E-state index contributed by atoms with van der Waals surface area (Å²) in [4.78, 5) is 8.02. The van der Waals surface area contributed by atoms with Crippen LogP contribution in [0.3, 0.4) is 0 Å². The highest BCUT2D eigenvalue weighted by Gasteiger charge is 2.30. The molecule has 0 spiro atoms. The molecule has 1 heterocycles. The molecule has 1 rings (SSSR count). The van der Waals surface area contributed by atoms with Gasteiger partial charge in [0.1, 0.15) is 0 Å². The second-order valence-electron chi connectivity index (χ2n) is 1.42. The Balaban J connectivity index is 0.000000180. The van der Waals surface area contributed by atoms with E-state index in [1.54, 1.807) is 0 Å². The summed E-state index contributed by atoms with van der Waals surface area (Å²) in [6, 6.07) is 0. The zero-order chi connectivity index (χ0) is 8.04. The lowest BCUT2D eigenvalue weighted by Crippen LogP contribution is -2.11. The monoisotopic (exact) mass is 170 g/mol. The van der Waals surface area contributed by atoms with Crippen molar-refractivity contribution in [3.05, 3.63) is 0 Å². The van der Waals surface area contributed by atoms with Crippen LogP contribution >= 0.6 is 7.82 Å². The van der Waals surface area contributed by atoms with E-state index >= 15 is 0 Å². The maximum absolute atomic E-state index is 9.78. The predicted molar refractivity (Wildman–Crippen MR) is 35.0 cm³/mol. The van der Waals surface area contributed by atoms with Crippen LogP contribution < -0.4 is 11.5 Å². The first kappa shape index (κ1) is 10.0. The molecule has 0 radical (unpaired) electrons. The molecule has 1 aliphatic heterocycles. The predicted octanol–water partition coefficient (Wildman–Crippen LogP) is -1.01. The number of hydrogen-bond acceptors (Lipinski definition) is 5. The van der Waals surface area contributed by atoms with E-state index in [0.29, 0.717) is 13.1 Å². The minimum atomic E-state index is -3.47. The van der Waals surface area contributed by atoms with Gasteiger partial charge in [-0.15, -0.1) is 0 Å². The van der Waals surface area contributed by atoms with Crippen molar-refractivity contribution in [2.24, 2.45) is 11.5 Å². The molecule has 0 atom stereocenters. The molecule has 6 nitrogen and oxygen atoms in total. The molecule has 10 heavy (non-hydrogen) atoms. The van der Waals surface area contributed by atoms with Gasteiger partial charge in [-0.05, 0) is 0 Å². The van der Waals surface area contributed by atoms with Gasteiger partial charge in [-0.1, -0.05) is 0 Å². The summed E-state index contributed by atoms with van der Waals surface area (Å²) in [5.41, 5.74) is 9.81. The molecule has 62 valence electrons. The van der Waals surface area contributed by atoms with Crippen molar-refractivity contribution in [2.45, 2.75) is 0 Å². The second-order valence-corrected chi connectivity index (χ2v) is 2.88. The van der Waals surface area contributed by atoms with Crippen molar-refractivity contribution >= 4 is 7.82 Å². The van der Waals surface area contributed by atoms with E-state index in [-0.39, 0.29) is 6.79 Å². The van der Waals surface area contributed by atoms with Gasteiger partial charge in [0.25, 0.3) is 0 Å². The Hall–Kier alpha value is 0.0300. The molecule has 0 bridgehead atoms. The highest BCUT2D eigenvalue weighted by molar-refractivity contribution is 7.48. The van der Waals surface area contributed by atoms with Crippen molar-refractivity contribution in [1.29, 1.82) is 0 Å². The fourth-order valence-corrected chi connectivity index (χ4v) is 0.429. The van der Waals surface area contributed by atoms with E-state index in [2.05, 4.69) is 9.05 Å². The molecule has 0 aliphatic carbocycles. The Morgan fingerprint density at radius 3 is 1.70 bits per heavy atom. The SMILES string of the molecule is NCCN.O=P1(O)OCO1. The summed E-state index contributed by atoms with van der Waals surface area (Å²) in [6.07, 6.45) is 0. The van der Waals surface area contributed by atoms with Gasteiger partial charge in [0.15, 0.2) is 6.79 Å². The summed E-state index contributed by atoms with van der Waals surface area (Å²) >= 11 is 0. The summed E-state index contributed by atoms with van der Waals surface area (Å²) in [7, 11) is -3.47. The Morgan fingerprint density at radius 2 is 1.70 bits per heavy atom. The largest absolute Gasteiger partial charge is 0.476 e. The lowest BCUT2D eigenvalue weighted by atomic mass is 10.7. The first-order valence-corrected chi connectivity index (χ1v) is 4.14. The van der Waals surface area contributed by atoms with E-state index in [9.17, 15) is 4.57 Å². The van der Waals surface area contributed by atoms with Gasteiger partial charge < -0.3 is 16.4 Å². The van der Waals surface area contributed by atoms with Gasteiger partial charge in [-0.25, -0.2) is 4.57 Å². The zero-order valence-electron chi connectivity index (χ0n) is 5.40. The fraction of sp³-hybridized carbons (Fsp3) is 1.00. The van der Waals surface area contributed by atoms with Crippen LogP contribution in [-0.2, 0) is 13.6 Å². The van der Waals surface area contributed by atoms with Crippen LogP contribution in [0.4, 0.5) is 0 Å². The summed E-state index contributed by atoms with van der Waals surface area (Å²) in [5, 5.41) is 0. The molecule has 0 unspecified atom stereocenters. The van der Waals surface area contributed by atoms with E-state index in [1.807, 2.05) is 0 Å². The van der Waals surface area contributed by atoms with Crippen LogP contribution in [0.25, 0.3) is 0 Å². The fourth-order valence-electron chi connectivity index (χ4n) is 0.143. The topological polar surface area (TPSA) is 108 Å². The van der Waals surface area contributed by atoms with Crippen molar-refractivity contribution in [2.75, 3.05) is 19.9 Å². The third-order valence-corrected chi connectivity index (χ3v) is 1.46. The number of phosphoric acid groups is 1. The van der Waals surface area contributed by atoms with Crippen LogP contribution in [0.2, 0.25) is 0 Å². The average Bonchev–Trinajstić information content (AvgIpc) is 1.86. The number of phosphoric ester groups is 1. The van der Waals surface area contributed by atoms with Crippen molar-refractivity contribution < 1.29 is 18.5 Å². The molecule has 0 saturated carbocycles. The third-order valence-electron chi connectivity index (χ3n) is 0.598. The molecular formula is C3H11N2O4P. The molecule has 0 aromatic heterocycles. The Kier molecular flexibility index (Phi) is 4.80. The van der Waals surface area contributed by atoms with Crippen LogP contribution in [0, 0.1) is 0 Å². The summed E-state index contributed by atoms with van der Waals surface area (Å²) < 4.78 is 17.8. The van der Waals surface area contributed by atoms with Crippen molar-refractivity contribution in [3.63, 3.8) is 0 Å². The van der Waals surface area contributed by atoms with Crippen LogP contribution in [0.5, 0.6) is 0 Å². The number of rotatable bonds is 1. The second kappa shape index (κ2) is 4.79. The lowest BCUT2D eigenvalue weighted by Gasteiger charge is -2.18. The van der Waals surface area contributed by atoms with Gasteiger partial charge in [-0.3, -0.25) is 9.05 Å². The minimum absolute atomic E-state index is 0.0478. The standard InChI is InChI=1S/C2H8N2.CH3O4P/c3-1-2-4;2-6(3)4-1-5-6/h1-4H2;1H2,(H,2,3). The van der Waals surface area contributed by atoms with Gasteiger partial charge in [0, 0.05) is 13.1 Å². The molecule has 0 aromatic carbocycles. The summed E-state index contributed by atoms with van der Waals surface area (Å²) in [5.74, 6) is 0. The van der Waals surface area contributed by atoms with Gasteiger partial charge in [0.05, 0.1) is 0 Å². The van der Waals surface area contributed by atoms with Crippen LogP contribution in [0.15, 0.2) is 0 Å². The van der Waals surface area contributed by atoms with Crippen molar-refractivity contribution in [1.82, 2.24) is 0 Å². The third kappa shape index (κ3) is 4.87. The van der Waals surface area contributed by atoms with E-state index in [1.165, 1.54) is 0 Å². The van der Waals surface area contributed by atoms with Crippen molar-refractivity contribution in [3.8, 4) is 0 Å². The van der Waals surface area contributed by atoms with Gasteiger partial charge in [0.2, 0.25) is 0 Å². The Bertz CT molecular complexity index is 120. The van der Waals surface area contributed by atoms with E-state index in [4.69, 9.17) is 16.4 Å². The van der Waals surface area contributed by atoms with Gasteiger partial charge >= 0.3 is 7.82 Å². The quantitative estimate of drug-likeness (QED) is 0.435. The molecule has 7 heteroatoms. The first-order valence-electron chi connectivity index (χ1n) is 2.64. The smallest absolute Gasteiger partial charge is 0.329 e. The molecule has 0 amide bonds. The Morgan fingerprint density at radius 1 is 1.40 bits per heavy atom. The zero-order valence-corrected chi connectivity index (χ0v) is 6.29. The highest BCUT2D eigenvalue weighted by atomic mass is 31.2. The molecule has 1 aliphatic rings. The van der Waals surface area contributed by atoms with Crippen LogP contribution in [0.1, 0.15) is 0 Å². The molecule has 1 fully saturated rings. The number of nitrogens with two attached hydrogens (primary N) is 2. The lowest BCUT2D eigenvalue weighted by molar-refractivity contribution is -0.0265. The maximum atomic E-state index is 9.78. The molecule has 1 saturated heterocycles. The molecular weight excluding hydrogens is 159 g/mol. The van der Waals surface area contributed by atoms with E-state index < -0.39 is 7.82 Å². The normalized spacial score (nSPS) is 20.3. The first-order chi connectivity index (χ1) is 4.62. The Labute approximate surface area is 58.7 Å². The molecule has 5 N–H and O–H groups in total. The maximum Gasteiger partial charge on any atom is 0.476 e. The highest BCUT2D eigenvalue weighted by Crippen LogP contribution is 2.50. The molecule has 0 aromatic rings. The van der Waals surface area contributed by atoms with E-state index in [0.717, 1.165) is 0 Å². The van der Waals surface area contributed by atoms with Gasteiger partial charge in [-0.2, -0.15) is 0 Å². The van der Waals surface area contributed by atoms with Crippen LogP contribution in [-0.4, -0.2) is 24.8 Å². The average molecular weight is 170 g/mol. The summed E-state index contributed by atoms with van der Waals surface area (Å²) in [6.45, 7) is 1.15. The minimum Gasteiger partial charge on any atom is -0.329 e.